The minimum absolute atomic E-state index is 0.0351. The molecule has 4 nitrogen and oxygen atoms in total. The van der Waals surface area contributed by atoms with E-state index in [0.717, 1.165) is 42.9 Å². The van der Waals surface area contributed by atoms with Gasteiger partial charge in [-0.2, -0.15) is 0 Å². The zero-order valence-electron chi connectivity index (χ0n) is 14.9. The van der Waals surface area contributed by atoms with Crippen molar-refractivity contribution in [3.8, 4) is 0 Å². The predicted octanol–water partition coefficient (Wildman–Crippen LogP) is 3.83. The molecule has 1 heterocycles. The zero-order chi connectivity index (χ0) is 18.2. The van der Waals surface area contributed by atoms with Gasteiger partial charge < -0.3 is 11.1 Å². The molecule has 3 aromatic rings. The largest absolute Gasteiger partial charge is 0.356 e. The summed E-state index contributed by atoms with van der Waals surface area (Å²) in [6.45, 7) is 1.16. The number of aryl methyl sites for hydroxylation is 1. The smallest absolute Gasteiger partial charge is 0.226 e. The van der Waals surface area contributed by atoms with Gasteiger partial charge >= 0.3 is 0 Å². The van der Waals surface area contributed by atoms with Crippen LogP contribution in [-0.2, 0) is 24.2 Å². The van der Waals surface area contributed by atoms with Crippen molar-refractivity contribution in [1.29, 1.82) is 0 Å². The average molecular weight is 368 g/mol. The summed E-state index contributed by atoms with van der Waals surface area (Å²) in [6.07, 6.45) is 4.66. The minimum atomic E-state index is 0.0351. The number of carbonyl (C=O) groups is 1. The molecule has 2 aromatic carbocycles. The van der Waals surface area contributed by atoms with E-state index in [1.54, 1.807) is 0 Å². The first-order valence-corrected chi connectivity index (χ1v) is 10.0. The standard InChI is InChI=1S/C21H25N3OS/c22-14-21-24-18(15-26-21)13-20(25)23-12-5-1-2-7-16-9-6-10-17-8-3-4-11-19(16)17/h3-4,6,8-11,15H,1-2,5,7,12-14,22H2,(H,23,25). The van der Waals surface area contributed by atoms with Gasteiger partial charge in [0.1, 0.15) is 5.01 Å². The van der Waals surface area contributed by atoms with Gasteiger partial charge in [-0.1, -0.05) is 48.9 Å². The molecule has 3 rings (SSSR count). The lowest BCUT2D eigenvalue weighted by Gasteiger charge is -2.07. The maximum atomic E-state index is 11.9. The molecule has 0 saturated heterocycles. The van der Waals surface area contributed by atoms with Crippen molar-refractivity contribution >= 4 is 28.0 Å². The fourth-order valence-corrected chi connectivity index (χ4v) is 3.78. The Morgan fingerprint density at radius 2 is 1.92 bits per heavy atom. The number of nitrogens with zero attached hydrogens (tertiary/aromatic N) is 1. The highest BCUT2D eigenvalue weighted by Gasteiger charge is 2.06. The highest BCUT2D eigenvalue weighted by atomic mass is 32.1. The molecule has 0 fully saturated rings. The van der Waals surface area contributed by atoms with Gasteiger partial charge in [-0.05, 0) is 35.6 Å². The number of nitrogens with one attached hydrogen (secondary N) is 1. The number of fused-ring (bicyclic) bond motifs is 1. The third-order valence-electron chi connectivity index (χ3n) is 4.44. The Morgan fingerprint density at radius 1 is 1.08 bits per heavy atom. The molecule has 26 heavy (non-hydrogen) atoms. The molecule has 0 spiro atoms. The van der Waals surface area contributed by atoms with Crippen LogP contribution in [0, 0.1) is 0 Å². The first kappa shape index (κ1) is 18.5. The summed E-state index contributed by atoms with van der Waals surface area (Å²) in [6, 6.07) is 15.0. The van der Waals surface area contributed by atoms with Gasteiger partial charge in [0, 0.05) is 18.5 Å². The first-order chi connectivity index (χ1) is 12.8. The summed E-state index contributed by atoms with van der Waals surface area (Å²) < 4.78 is 0. The Kier molecular flexibility index (Phi) is 6.75. The van der Waals surface area contributed by atoms with E-state index in [9.17, 15) is 4.79 Å². The molecule has 0 saturated carbocycles. The van der Waals surface area contributed by atoms with E-state index in [2.05, 4.69) is 52.8 Å². The number of thiazole rings is 1. The van der Waals surface area contributed by atoms with Gasteiger partial charge in [0.05, 0.1) is 12.1 Å². The summed E-state index contributed by atoms with van der Waals surface area (Å²) in [5, 5.41) is 8.42. The number of carbonyl (C=O) groups excluding carboxylic acids is 1. The normalized spacial score (nSPS) is 11.0. The fourth-order valence-electron chi connectivity index (χ4n) is 3.11. The molecule has 0 bridgehead atoms. The van der Waals surface area contributed by atoms with E-state index in [4.69, 9.17) is 5.73 Å². The van der Waals surface area contributed by atoms with E-state index in [1.165, 1.54) is 27.7 Å². The molecular weight excluding hydrogens is 342 g/mol. The second kappa shape index (κ2) is 9.46. The SMILES string of the molecule is NCc1nc(CC(=O)NCCCCCc2cccc3ccccc23)cs1. The zero-order valence-corrected chi connectivity index (χ0v) is 15.7. The number of rotatable bonds is 9. The van der Waals surface area contributed by atoms with Crippen LogP contribution in [0.5, 0.6) is 0 Å². The quantitative estimate of drug-likeness (QED) is 0.565. The molecule has 0 aliphatic rings. The number of benzene rings is 2. The van der Waals surface area contributed by atoms with Crippen LogP contribution in [0.2, 0.25) is 0 Å². The van der Waals surface area contributed by atoms with Crippen LogP contribution < -0.4 is 11.1 Å². The molecule has 1 amide bonds. The molecule has 0 atom stereocenters. The van der Waals surface area contributed by atoms with Crippen LogP contribution in [0.4, 0.5) is 0 Å². The minimum Gasteiger partial charge on any atom is -0.356 e. The molecule has 0 unspecified atom stereocenters. The molecule has 0 aliphatic heterocycles. The Labute approximate surface area is 158 Å². The van der Waals surface area contributed by atoms with E-state index in [0.29, 0.717) is 13.0 Å². The highest BCUT2D eigenvalue weighted by Crippen LogP contribution is 2.20. The number of hydrogen-bond donors (Lipinski definition) is 2. The molecule has 0 aliphatic carbocycles. The van der Waals surface area contributed by atoms with Crippen molar-refractivity contribution < 1.29 is 4.79 Å². The summed E-state index contributed by atoms with van der Waals surface area (Å²) in [7, 11) is 0. The van der Waals surface area contributed by atoms with E-state index >= 15 is 0 Å². The van der Waals surface area contributed by atoms with Gasteiger partial charge in [-0.15, -0.1) is 11.3 Å². The lowest BCUT2D eigenvalue weighted by molar-refractivity contribution is -0.120. The average Bonchev–Trinajstić information content (AvgIpc) is 3.12. The van der Waals surface area contributed by atoms with Crippen molar-refractivity contribution in [3.63, 3.8) is 0 Å². The topological polar surface area (TPSA) is 68.0 Å². The van der Waals surface area contributed by atoms with Crippen molar-refractivity contribution in [1.82, 2.24) is 10.3 Å². The second-order valence-electron chi connectivity index (χ2n) is 6.41. The Bertz CT molecular complexity index is 854. The molecule has 3 N–H and O–H groups in total. The van der Waals surface area contributed by atoms with Crippen molar-refractivity contribution in [2.24, 2.45) is 5.73 Å². The summed E-state index contributed by atoms with van der Waals surface area (Å²) in [5.41, 5.74) is 7.76. The number of hydrogen-bond acceptors (Lipinski definition) is 4. The summed E-state index contributed by atoms with van der Waals surface area (Å²) in [4.78, 5) is 16.3. The van der Waals surface area contributed by atoms with Crippen LogP contribution in [0.25, 0.3) is 10.8 Å². The molecular formula is C21H25N3OS. The van der Waals surface area contributed by atoms with E-state index in [-0.39, 0.29) is 5.91 Å². The van der Waals surface area contributed by atoms with Crippen molar-refractivity contribution in [2.45, 2.75) is 38.6 Å². The Balaban J connectivity index is 1.34. The van der Waals surface area contributed by atoms with Crippen LogP contribution in [0.3, 0.4) is 0 Å². The van der Waals surface area contributed by atoms with Gasteiger partial charge in [-0.25, -0.2) is 4.98 Å². The van der Waals surface area contributed by atoms with Crippen LogP contribution in [-0.4, -0.2) is 17.4 Å². The molecule has 136 valence electrons. The molecule has 1 aromatic heterocycles. The van der Waals surface area contributed by atoms with Crippen LogP contribution in [0.15, 0.2) is 47.8 Å². The van der Waals surface area contributed by atoms with Gasteiger partial charge in [-0.3, -0.25) is 4.79 Å². The maximum absolute atomic E-state index is 11.9. The second-order valence-corrected chi connectivity index (χ2v) is 7.36. The molecule has 0 radical (unpaired) electrons. The molecule has 5 heteroatoms. The van der Waals surface area contributed by atoms with Gasteiger partial charge in [0.15, 0.2) is 0 Å². The van der Waals surface area contributed by atoms with E-state index < -0.39 is 0 Å². The summed E-state index contributed by atoms with van der Waals surface area (Å²) >= 11 is 1.51. The third-order valence-corrected chi connectivity index (χ3v) is 5.36. The maximum Gasteiger partial charge on any atom is 0.226 e. The van der Waals surface area contributed by atoms with Crippen molar-refractivity contribution in [2.75, 3.05) is 6.54 Å². The predicted molar refractivity (Wildman–Crippen MR) is 108 cm³/mol. The van der Waals surface area contributed by atoms with E-state index in [1.807, 2.05) is 5.38 Å². The van der Waals surface area contributed by atoms with Crippen molar-refractivity contribution in [3.05, 3.63) is 64.1 Å². The fraction of sp³-hybridized carbons (Fsp3) is 0.333. The van der Waals surface area contributed by atoms with Gasteiger partial charge in [0.25, 0.3) is 0 Å². The lowest BCUT2D eigenvalue weighted by Crippen LogP contribution is -2.26. The third kappa shape index (κ3) is 5.13. The number of unbranched alkanes of at least 4 members (excludes halogenated alkanes) is 2. The highest BCUT2D eigenvalue weighted by molar-refractivity contribution is 7.09. The first-order valence-electron chi connectivity index (χ1n) is 9.13. The summed E-state index contributed by atoms with van der Waals surface area (Å²) in [5.74, 6) is 0.0351. The van der Waals surface area contributed by atoms with Crippen LogP contribution >= 0.6 is 11.3 Å². The number of nitrogens with two attached hydrogens (primary N) is 1. The van der Waals surface area contributed by atoms with Gasteiger partial charge in [0.2, 0.25) is 5.91 Å². The number of aromatic nitrogens is 1. The number of amides is 1. The Morgan fingerprint density at radius 3 is 2.77 bits per heavy atom. The Hall–Kier alpha value is -2.24. The monoisotopic (exact) mass is 367 g/mol. The van der Waals surface area contributed by atoms with Crippen LogP contribution in [0.1, 0.15) is 35.5 Å². The lowest BCUT2D eigenvalue weighted by atomic mass is 10.00.